The van der Waals surface area contributed by atoms with Crippen LogP contribution in [-0.4, -0.2) is 31.7 Å². The number of rotatable bonds is 4. The predicted octanol–water partition coefficient (Wildman–Crippen LogP) is 3.91. The van der Waals surface area contributed by atoms with Crippen molar-refractivity contribution in [2.45, 2.75) is 24.2 Å². The first-order valence-corrected chi connectivity index (χ1v) is 10.1. The van der Waals surface area contributed by atoms with Gasteiger partial charge >= 0.3 is 0 Å². The molecule has 1 saturated heterocycles. The average Bonchev–Trinajstić information content (AvgIpc) is 2.65. The van der Waals surface area contributed by atoms with Crippen LogP contribution in [0.1, 0.15) is 29.6 Å². The van der Waals surface area contributed by atoms with Crippen molar-refractivity contribution in [3.63, 3.8) is 0 Å². The Morgan fingerprint density at radius 2 is 1.77 bits per heavy atom. The van der Waals surface area contributed by atoms with E-state index in [-0.39, 0.29) is 21.2 Å². The molecule has 3 rings (SSSR count). The lowest BCUT2D eigenvalue weighted by atomic mass is 10.2. The molecule has 0 aliphatic carbocycles. The summed E-state index contributed by atoms with van der Waals surface area (Å²) in [5, 5.41) is 2.44. The lowest BCUT2D eigenvalue weighted by Crippen LogP contribution is -2.36. The van der Waals surface area contributed by atoms with Crippen molar-refractivity contribution in [2.75, 3.05) is 18.4 Å². The Morgan fingerprint density at radius 1 is 1.08 bits per heavy atom. The van der Waals surface area contributed by atoms with Crippen molar-refractivity contribution in [3.8, 4) is 0 Å². The van der Waals surface area contributed by atoms with Crippen LogP contribution in [0.5, 0.6) is 0 Å². The van der Waals surface area contributed by atoms with Crippen molar-refractivity contribution in [3.05, 3.63) is 58.9 Å². The highest BCUT2D eigenvalue weighted by Crippen LogP contribution is 2.25. The Labute approximate surface area is 156 Å². The minimum atomic E-state index is -3.76. The molecule has 2 aromatic carbocycles. The van der Waals surface area contributed by atoms with E-state index < -0.39 is 21.7 Å². The number of carbonyl (C=O) groups is 1. The molecule has 5 nitrogen and oxygen atoms in total. The summed E-state index contributed by atoms with van der Waals surface area (Å²) in [6.07, 6.45) is 2.61. The van der Waals surface area contributed by atoms with Gasteiger partial charge in [0.15, 0.2) is 0 Å². The zero-order valence-corrected chi connectivity index (χ0v) is 15.5. The monoisotopic (exact) mass is 396 g/mol. The predicted molar refractivity (Wildman–Crippen MR) is 98.4 cm³/mol. The van der Waals surface area contributed by atoms with E-state index in [0.29, 0.717) is 13.1 Å². The van der Waals surface area contributed by atoms with Gasteiger partial charge in [-0.25, -0.2) is 12.8 Å². The van der Waals surface area contributed by atoms with E-state index >= 15 is 0 Å². The van der Waals surface area contributed by atoms with Gasteiger partial charge in [-0.3, -0.25) is 4.79 Å². The summed E-state index contributed by atoms with van der Waals surface area (Å²) in [6.45, 7) is 0.901. The molecule has 26 heavy (non-hydrogen) atoms. The van der Waals surface area contributed by atoms with E-state index in [1.54, 1.807) is 12.1 Å². The molecule has 0 aromatic heterocycles. The topological polar surface area (TPSA) is 66.5 Å². The summed E-state index contributed by atoms with van der Waals surface area (Å²) < 4.78 is 40.5. The van der Waals surface area contributed by atoms with Crippen LogP contribution in [0.3, 0.4) is 0 Å². The first-order valence-electron chi connectivity index (χ1n) is 8.25. The number of anilines is 1. The van der Waals surface area contributed by atoms with E-state index in [1.165, 1.54) is 28.6 Å². The number of nitrogens with one attached hydrogen (secondary N) is 1. The molecule has 1 amide bonds. The van der Waals surface area contributed by atoms with Crippen LogP contribution in [0.2, 0.25) is 5.02 Å². The summed E-state index contributed by atoms with van der Waals surface area (Å²) in [5.41, 5.74) is 0.324. The van der Waals surface area contributed by atoms with Gasteiger partial charge in [0.25, 0.3) is 5.91 Å². The fraction of sp³-hybridized carbons (Fsp3) is 0.278. The summed E-state index contributed by atoms with van der Waals surface area (Å²) in [7, 11) is -3.76. The summed E-state index contributed by atoms with van der Waals surface area (Å²) in [5.74, 6) is -1.19. The third-order valence-corrected chi connectivity index (χ3v) is 6.49. The van der Waals surface area contributed by atoms with Gasteiger partial charge in [0.2, 0.25) is 10.0 Å². The number of piperidine rings is 1. The normalized spacial score (nSPS) is 15.6. The van der Waals surface area contributed by atoms with Crippen LogP contribution >= 0.6 is 11.6 Å². The van der Waals surface area contributed by atoms with Crippen LogP contribution in [0.15, 0.2) is 47.4 Å². The summed E-state index contributed by atoms with van der Waals surface area (Å²) >= 11 is 5.72. The zero-order chi connectivity index (χ0) is 18.7. The van der Waals surface area contributed by atoms with Gasteiger partial charge in [-0.1, -0.05) is 30.2 Å². The van der Waals surface area contributed by atoms with Crippen molar-refractivity contribution in [1.82, 2.24) is 4.31 Å². The number of amides is 1. The second kappa shape index (κ2) is 7.73. The molecule has 1 aliphatic heterocycles. The maximum Gasteiger partial charge on any atom is 0.257 e. The molecule has 0 bridgehead atoms. The number of halogens is 2. The van der Waals surface area contributed by atoms with Gasteiger partial charge in [-0.15, -0.1) is 0 Å². The quantitative estimate of drug-likeness (QED) is 0.852. The largest absolute Gasteiger partial charge is 0.322 e. The highest BCUT2D eigenvalue weighted by molar-refractivity contribution is 7.89. The Balaban J connectivity index is 1.91. The molecule has 1 N–H and O–H groups in total. The molecule has 0 radical (unpaired) electrons. The molecule has 1 aliphatic rings. The molecule has 0 atom stereocenters. The van der Waals surface area contributed by atoms with E-state index in [2.05, 4.69) is 5.32 Å². The molecule has 138 valence electrons. The molecule has 8 heteroatoms. The second-order valence-electron chi connectivity index (χ2n) is 6.04. The number of nitrogens with zero attached hydrogens (tertiary/aromatic N) is 1. The average molecular weight is 397 g/mol. The molecule has 1 heterocycles. The fourth-order valence-corrected chi connectivity index (χ4v) is 4.78. The Bertz CT molecular complexity index is 928. The second-order valence-corrected chi connectivity index (χ2v) is 8.36. The third-order valence-electron chi connectivity index (χ3n) is 4.24. The standard InChI is InChI=1S/C18H18ClFN2O3S/c19-15-12-13(8-9-16(15)20)21-18(23)14-6-2-3-7-17(14)26(24,25)22-10-4-1-5-11-22/h2-3,6-9,12H,1,4-5,10-11H2,(H,21,23). The van der Waals surface area contributed by atoms with Gasteiger partial charge in [-0.05, 0) is 43.2 Å². The van der Waals surface area contributed by atoms with E-state index in [1.807, 2.05) is 0 Å². The van der Waals surface area contributed by atoms with Crippen LogP contribution in [0.25, 0.3) is 0 Å². The number of hydrogen-bond acceptors (Lipinski definition) is 3. The fourth-order valence-electron chi connectivity index (χ4n) is 2.90. The first kappa shape index (κ1) is 18.8. The maximum atomic E-state index is 13.3. The number of sulfonamides is 1. The van der Waals surface area contributed by atoms with Crippen molar-refractivity contribution >= 4 is 33.2 Å². The molecule has 0 unspecified atom stereocenters. The molecule has 2 aromatic rings. The van der Waals surface area contributed by atoms with Crippen LogP contribution in [-0.2, 0) is 10.0 Å². The van der Waals surface area contributed by atoms with Crippen LogP contribution < -0.4 is 5.32 Å². The van der Waals surface area contributed by atoms with Crippen molar-refractivity contribution in [1.29, 1.82) is 0 Å². The maximum absolute atomic E-state index is 13.3. The smallest absolute Gasteiger partial charge is 0.257 e. The molecular formula is C18H18ClFN2O3S. The first-order chi connectivity index (χ1) is 12.4. The van der Waals surface area contributed by atoms with Gasteiger partial charge in [0.1, 0.15) is 5.82 Å². The van der Waals surface area contributed by atoms with Gasteiger partial charge in [-0.2, -0.15) is 4.31 Å². The van der Waals surface area contributed by atoms with Gasteiger partial charge < -0.3 is 5.32 Å². The van der Waals surface area contributed by atoms with E-state index in [0.717, 1.165) is 25.3 Å². The summed E-state index contributed by atoms with van der Waals surface area (Å²) in [6, 6.07) is 9.84. The number of hydrogen-bond donors (Lipinski definition) is 1. The lowest BCUT2D eigenvalue weighted by Gasteiger charge is -2.26. The third kappa shape index (κ3) is 3.90. The van der Waals surface area contributed by atoms with Gasteiger partial charge in [0, 0.05) is 18.8 Å². The molecule has 0 spiro atoms. The van der Waals surface area contributed by atoms with Crippen LogP contribution in [0.4, 0.5) is 10.1 Å². The van der Waals surface area contributed by atoms with Crippen LogP contribution in [0, 0.1) is 5.82 Å². The number of carbonyl (C=O) groups excluding carboxylic acids is 1. The van der Waals surface area contributed by atoms with E-state index in [9.17, 15) is 17.6 Å². The SMILES string of the molecule is O=C(Nc1ccc(F)c(Cl)c1)c1ccccc1S(=O)(=O)N1CCCCC1. The highest BCUT2D eigenvalue weighted by Gasteiger charge is 2.29. The van der Waals surface area contributed by atoms with Gasteiger partial charge in [0.05, 0.1) is 15.5 Å². The Hall–Kier alpha value is -1.96. The zero-order valence-electron chi connectivity index (χ0n) is 13.9. The van der Waals surface area contributed by atoms with Crippen molar-refractivity contribution < 1.29 is 17.6 Å². The Kier molecular flexibility index (Phi) is 5.60. The molecular weight excluding hydrogens is 379 g/mol. The van der Waals surface area contributed by atoms with Crippen molar-refractivity contribution in [2.24, 2.45) is 0 Å². The molecule has 0 saturated carbocycles. The minimum Gasteiger partial charge on any atom is -0.322 e. The highest BCUT2D eigenvalue weighted by atomic mass is 35.5. The van der Waals surface area contributed by atoms with E-state index in [4.69, 9.17) is 11.6 Å². The lowest BCUT2D eigenvalue weighted by molar-refractivity contribution is 0.102. The Morgan fingerprint density at radius 3 is 2.46 bits per heavy atom. The number of benzene rings is 2. The molecule has 1 fully saturated rings. The minimum absolute atomic E-state index is 0.0346. The summed E-state index contributed by atoms with van der Waals surface area (Å²) in [4.78, 5) is 12.6.